The second-order valence-electron chi connectivity index (χ2n) is 11.0. The van der Waals surface area contributed by atoms with Gasteiger partial charge in [-0.1, -0.05) is 6.92 Å². The van der Waals surface area contributed by atoms with Crippen LogP contribution in [0.3, 0.4) is 0 Å². The molecule has 3 unspecified atom stereocenters. The van der Waals surface area contributed by atoms with E-state index in [0.717, 1.165) is 30.0 Å². The Bertz CT molecular complexity index is 1350. The van der Waals surface area contributed by atoms with E-state index < -0.39 is 47.1 Å². The second kappa shape index (κ2) is 7.07. The lowest BCUT2D eigenvalue weighted by molar-refractivity contribution is -0.138. The number of nitrogens with zero attached hydrogens (tertiary/aromatic N) is 2. The largest absolute Gasteiger partial charge is 0.417 e. The van der Waals surface area contributed by atoms with Gasteiger partial charge in [-0.15, -0.1) is 0 Å². The van der Waals surface area contributed by atoms with Crippen molar-refractivity contribution in [2.75, 3.05) is 13.2 Å². The van der Waals surface area contributed by atoms with Gasteiger partial charge in [0.2, 0.25) is 0 Å². The fourth-order valence-corrected chi connectivity index (χ4v) is 7.15. The number of aliphatic hydroxyl groups is 2. The molecule has 2 aliphatic heterocycles. The third-order valence-corrected chi connectivity index (χ3v) is 9.17. The van der Waals surface area contributed by atoms with Crippen LogP contribution < -0.4 is 0 Å². The van der Waals surface area contributed by atoms with Gasteiger partial charge in [-0.2, -0.15) is 18.4 Å². The van der Waals surface area contributed by atoms with Gasteiger partial charge < -0.3 is 19.7 Å². The van der Waals surface area contributed by atoms with Crippen LogP contribution >= 0.6 is 0 Å². The minimum Gasteiger partial charge on any atom is -0.388 e. The highest BCUT2D eigenvalue weighted by Crippen LogP contribution is 2.66. The van der Waals surface area contributed by atoms with Crippen LogP contribution in [0.15, 0.2) is 12.1 Å². The number of nitriles is 1. The Morgan fingerprint density at radius 1 is 1.06 bits per heavy atom. The molecule has 4 atom stereocenters. The molecule has 9 heteroatoms. The molecule has 1 saturated heterocycles. The van der Waals surface area contributed by atoms with E-state index in [4.69, 9.17) is 14.5 Å². The Morgan fingerprint density at radius 3 is 2.42 bits per heavy atom. The molecular weight excluding hydrogens is 473 g/mol. The van der Waals surface area contributed by atoms with E-state index in [9.17, 15) is 28.6 Å². The van der Waals surface area contributed by atoms with Crippen molar-refractivity contribution in [3.05, 3.63) is 62.5 Å². The number of aliphatic hydroxyl groups excluding tert-OH is 2. The first-order valence-electron chi connectivity index (χ1n) is 12.5. The normalized spacial score (nSPS) is 30.5. The summed E-state index contributed by atoms with van der Waals surface area (Å²) in [6.07, 6.45) is -3.91. The summed E-state index contributed by atoms with van der Waals surface area (Å²) < 4.78 is 53.9. The molecule has 188 valence electrons. The maximum absolute atomic E-state index is 13.8. The summed E-state index contributed by atoms with van der Waals surface area (Å²) in [6.45, 7) is 2.70. The zero-order valence-electron chi connectivity index (χ0n) is 19.7. The van der Waals surface area contributed by atoms with Crippen LogP contribution in [-0.2, 0) is 21.3 Å². The van der Waals surface area contributed by atoms with Crippen LogP contribution in [-0.4, -0.2) is 28.4 Å². The fraction of sp³-hybridized carbons (Fsp3) is 0.556. The number of alkyl halides is 3. The Kier molecular flexibility index (Phi) is 4.45. The van der Waals surface area contributed by atoms with Crippen LogP contribution in [0.5, 0.6) is 0 Å². The lowest BCUT2D eigenvalue weighted by Gasteiger charge is -2.40. The number of rotatable bonds is 0. The van der Waals surface area contributed by atoms with Gasteiger partial charge in [-0.3, -0.25) is 4.98 Å². The molecule has 0 radical (unpaired) electrons. The first kappa shape index (κ1) is 22.7. The first-order valence-corrected chi connectivity index (χ1v) is 12.5. The van der Waals surface area contributed by atoms with Gasteiger partial charge in [0.1, 0.15) is 12.2 Å². The Balaban J connectivity index is 1.52. The van der Waals surface area contributed by atoms with Crippen molar-refractivity contribution in [2.24, 2.45) is 5.41 Å². The van der Waals surface area contributed by atoms with Gasteiger partial charge in [0.05, 0.1) is 40.3 Å². The third kappa shape index (κ3) is 2.79. The zero-order chi connectivity index (χ0) is 25.2. The van der Waals surface area contributed by atoms with E-state index in [2.05, 4.69) is 0 Å². The monoisotopic (exact) mass is 498 g/mol. The van der Waals surface area contributed by atoms with Crippen LogP contribution in [0, 0.1) is 16.7 Å². The Labute approximate surface area is 205 Å². The maximum atomic E-state index is 13.8. The number of hydrogen-bond acceptors (Lipinski definition) is 6. The Morgan fingerprint density at radius 2 is 1.78 bits per heavy atom. The molecule has 36 heavy (non-hydrogen) atoms. The van der Waals surface area contributed by atoms with Crippen LogP contribution in [0.1, 0.15) is 114 Å². The van der Waals surface area contributed by atoms with E-state index >= 15 is 0 Å². The predicted molar refractivity (Wildman–Crippen MR) is 119 cm³/mol. The van der Waals surface area contributed by atoms with Gasteiger partial charge in [0, 0.05) is 48.5 Å². The van der Waals surface area contributed by atoms with Crippen molar-refractivity contribution in [2.45, 2.75) is 75.0 Å². The average Bonchev–Trinajstić information content (AvgIpc) is 3.56. The molecule has 7 rings (SSSR count). The van der Waals surface area contributed by atoms with Crippen molar-refractivity contribution < 1.29 is 32.9 Å². The van der Waals surface area contributed by atoms with Gasteiger partial charge >= 0.3 is 6.18 Å². The molecular formula is C27H25F3N2O4. The molecule has 0 amide bonds. The lowest BCUT2D eigenvalue weighted by atomic mass is 9.70. The second-order valence-corrected chi connectivity index (χ2v) is 11.0. The van der Waals surface area contributed by atoms with Crippen molar-refractivity contribution >= 4 is 0 Å². The average molecular weight is 499 g/mol. The van der Waals surface area contributed by atoms with E-state index in [1.54, 1.807) is 6.07 Å². The molecule has 0 bridgehead atoms. The molecule has 5 aliphatic rings. The van der Waals surface area contributed by atoms with Crippen molar-refractivity contribution in [1.82, 2.24) is 4.98 Å². The molecule has 6 nitrogen and oxygen atoms in total. The molecule has 1 aromatic carbocycles. The third-order valence-electron chi connectivity index (χ3n) is 9.17. The van der Waals surface area contributed by atoms with Crippen LogP contribution in [0.4, 0.5) is 13.2 Å². The quantitative estimate of drug-likeness (QED) is 0.541. The van der Waals surface area contributed by atoms with Crippen LogP contribution in [0.2, 0.25) is 0 Å². The molecule has 2 fully saturated rings. The van der Waals surface area contributed by atoms with Crippen LogP contribution in [0.25, 0.3) is 0 Å². The molecule has 3 aliphatic carbocycles. The minimum absolute atomic E-state index is 0.386. The molecule has 2 N–H and O–H groups in total. The summed E-state index contributed by atoms with van der Waals surface area (Å²) in [6, 6.07) is 4.10. The summed E-state index contributed by atoms with van der Waals surface area (Å²) in [5, 5.41) is 32.3. The summed E-state index contributed by atoms with van der Waals surface area (Å²) in [5.74, 6) is -0.510. The fourth-order valence-electron chi connectivity index (χ4n) is 7.15. The lowest BCUT2D eigenvalue weighted by Crippen LogP contribution is -2.37. The minimum atomic E-state index is -4.67. The summed E-state index contributed by atoms with van der Waals surface area (Å²) in [5.41, 5.74) is 1.62. The molecule has 3 heterocycles. The summed E-state index contributed by atoms with van der Waals surface area (Å²) in [7, 11) is 0. The zero-order valence-corrected chi connectivity index (χ0v) is 19.7. The standard InChI is InChI=1S/C27H25F3N2O4/c1-12-14-9-16(27(28,29)30)13(11-31)8-15(14)23-19-20(26(36-23)4-6-35-7-5-26)18-17(33)10-25(2-3-25)24(34)22(18)32-21(12)19/h8-9,12,17,23-24,33-34H,2-7,10H2,1H3/t12?,17?,23?,24-/m0/s1. The molecule has 2 spiro atoms. The van der Waals surface area contributed by atoms with E-state index in [-0.39, 0.29) is 5.41 Å². The predicted octanol–water partition coefficient (Wildman–Crippen LogP) is 4.81. The van der Waals surface area contributed by atoms with Crippen molar-refractivity contribution in [3.63, 3.8) is 0 Å². The Hall–Kier alpha value is -2.51. The van der Waals surface area contributed by atoms with Gasteiger partial charge in [0.15, 0.2) is 0 Å². The van der Waals surface area contributed by atoms with Gasteiger partial charge in [-0.05, 0) is 48.1 Å². The summed E-state index contributed by atoms with van der Waals surface area (Å²) >= 11 is 0. The first-order chi connectivity index (χ1) is 17.1. The number of halogens is 3. The van der Waals surface area contributed by atoms with Gasteiger partial charge in [-0.25, -0.2) is 0 Å². The topological polar surface area (TPSA) is 95.6 Å². The number of hydrogen-bond donors (Lipinski definition) is 2. The number of pyridine rings is 1. The number of ether oxygens (including phenoxy) is 2. The molecule has 1 aromatic heterocycles. The number of fused-ring (bicyclic) bond motifs is 5. The summed E-state index contributed by atoms with van der Waals surface area (Å²) in [4.78, 5) is 4.90. The molecule has 2 aromatic rings. The highest BCUT2D eigenvalue weighted by atomic mass is 19.4. The SMILES string of the molecule is CC1c2cc(C(F)(F)F)c(C#N)cc2C2OC3(CCOCC3)c3c4c(nc1c32)[C@H](O)C1(CC1)CC4O. The molecule has 1 saturated carbocycles. The number of benzene rings is 1. The van der Waals surface area contributed by atoms with E-state index in [0.29, 0.717) is 60.6 Å². The number of aromatic nitrogens is 1. The van der Waals surface area contributed by atoms with E-state index in [1.807, 2.05) is 6.92 Å². The highest BCUT2D eigenvalue weighted by molar-refractivity contribution is 5.62. The highest BCUT2D eigenvalue weighted by Gasteiger charge is 2.59. The van der Waals surface area contributed by atoms with Crippen molar-refractivity contribution in [1.29, 1.82) is 5.26 Å². The maximum Gasteiger partial charge on any atom is 0.417 e. The van der Waals surface area contributed by atoms with Gasteiger partial charge in [0.25, 0.3) is 0 Å². The van der Waals surface area contributed by atoms with Crippen molar-refractivity contribution in [3.8, 4) is 6.07 Å². The van der Waals surface area contributed by atoms with E-state index in [1.165, 1.54) is 6.07 Å². The smallest absolute Gasteiger partial charge is 0.388 e.